The Morgan fingerprint density at radius 2 is 2.12 bits per heavy atom. The van der Waals surface area contributed by atoms with E-state index in [0.717, 1.165) is 0 Å². The summed E-state index contributed by atoms with van der Waals surface area (Å²) in [6.45, 7) is 3.69. The van der Waals surface area contributed by atoms with Crippen molar-refractivity contribution in [3.63, 3.8) is 0 Å². The number of phenols is 1. The van der Waals surface area contributed by atoms with E-state index in [1.807, 2.05) is 13.8 Å². The SMILES string of the molecule is CC(C)Oc1cccc(O)c1C(N)CC(=O)O. The molecule has 0 aliphatic rings. The summed E-state index contributed by atoms with van der Waals surface area (Å²) in [4.78, 5) is 10.6. The molecule has 0 radical (unpaired) electrons. The Hall–Kier alpha value is -1.75. The van der Waals surface area contributed by atoms with E-state index in [4.69, 9.17) is 15.6 Å². The molecule has 1 rings (SSSR count). The molecule has 5 nitrogen and oxygen atoms in total. The van der Waals surface area contributed by atoms with E-state index < -0.39 is 12.0 Å². The minimum Gasteiger partial charge on any atom is -0.507 e. The van der Waals surface area contributed by atoms with Crippen LogP contribution in [0.1, 0.15) is 31.9 Å². The molecule has 4 N–H and O–H groups in total. The number of rotatable bonds is 5. The predicted octanol–water partition coefficient (Wildman–Crippen LogP) is 1.65. The largest absolute Gasteiger partial charge is 0.507 e. The topological polar surface area (TPSA) is 92.8 Å². The van der Waals surface area contributed by atoms with Gasteiger partial charge in [0.25, 0.3) is 0 Å². The highest BCUT2D eigenvalue weighted by Gasteiger charge is 2.19. The molecule has 1 aromatic rings. The first-order valence-corrected chi connectivity index (χ1v) is 5.37. The number of carboxylic acids is 1. The zero-order chi connectivity index (χ0) is 13.0. The highest BCUT2D eigenvalue weighted by atomic mass is 16.5. The van der Waals surface area contributed by atoms with Crippen LogP contribution >= 0.6 is 0 Å². The van der Waals surface area contributed by atoms with Crippen molar-refractivity contribution < 1.29 is 19.7 Å². The molecule has 94 valence electrons. The van der Waals surface area contributed by atoms with Crippen molar-refractivity contribution in [1.82, 2.24) is 0 Å². The van der Waals surface area contributed by atoms with Gasteiger partial charge in [-0.25, -0.2) is 0 Å². The van der Waals surface area contributed by atoms with E-state index in [1.54, 1.807) is 12.1 Å². The van der Waals surface area contributed by atoms with Gasteiger partial charge in [-0.05, 0) is 26.0 Å². The number of phenolic OH excluding ortho intramolecular Hbond substituents is 1. The number of benzene rings is 1. The van der Waals surface area contributed by atoms with Gasteiger partial charge in [0.15, 0.2) is 0 Å². The van der Waals surface area contributed by atoms with Crippen LogP contribution in [0.5, 0.6) is 11.5 Å². The van der Waals surface area contributed by atoms with Gasteiger partial charge in [0.2, 0.25) is 0 Å². The van der Waals surface area contributed by atoms with Crippen LogP contribution in [-0.2, 0) is 4.79 Å². The van der Waals surface area contributed by atoms with Gasteiger partial charge in [-0.3, -0.25) is 4.79 Å². The maximum Gasteiger partial charge on any atom is 0.305 e. The Morgan fingerprint density at radius 3 is 2.65 bits per heavy atom. The molecule has 1 aromatic carbocycles. The molecule has 1 unspecified atom stereocenters. The Kier molecular flexibility index (Phi) is 4.34. The number of aromatic hydroxyl groups is 1. The van der Waals surface area contributed by atoms with E-state index in [9.17, 15) is 9.90 Å². The minimum absolute atomic E-state index is 0.0445. The fourth-order valence-corrected chi connectivity index (χ4v) is 1.55. The van der Waals surface area contributed by atoms with Gasteiger partial charge in [0, 0.05) is 6.04 Å². The van der Waals surface area contributed by atoms with Crippen molar-refractivity contribution in [3.8, 4) is 11.5 Å². The summed E-state index contributed by atoms with van der Waals surface area (Å²) in [6, 6.07) is 3.97. The first kappa shape index (κ1) is 13.3. The van der Waals surface area contributed by atoms with Crippen LogP contribution in [0.25, 0.3) is 0 Å². The summed E-state index contributed by atoms with van der Waals surface area (Å²) < 4.78 is 5.50. The average molecular weight is 239 g/mol. The molecule has 0 heterocycles. The quantitative estimate of drug-likeness (QED) is 0.726. The fraction of sp³-hybridized carbons (Fsp3) is 0.417. The molecule has 0 aliphatic heterocycles. The van der Waals surface area contributed by atoms with Crippen LogP contribution in [0.15, 0.2) is 18.2 Å². The third kappa shape index (κ3) is 3.64. The normalized spacial score (nSPS) is 12.5. The van der Waals surface area contributed by atoms with Crippen molar-refractivity contribution in [1.29, 1.82) is 0 Å². The van der Waals surface area contributed by atoms with E-state index in [0.29, 0.717) is 11.3 Å². The van der Waals surface area contributed by atoms with Gasteiger partial charge in [0.1, 0.15) is 11.5 Å². The van der Waals surface area contributed by atoms with Crippen molar-refractivity contribution in [3.05, 3.63) is 23.8 Å². The highest BCUT2D eigenvalue weighted by Crippen LogP contribution is 2.34. The van der Waals surface area contributed by atoms with E-state index >= 15 is 0 Å². The molecule has 0 saturated heterocycles. The summed E-state index contributed by atoms with van der Waals surface area (Å²) in [6.07, 6.45) is -0.334. The summed E-state index contributed by atoms with van der Waals surface area (Å²) in [5.41, 5.74) is 6.09. The van der Waals surface area contributed by atoms with Gasteiger partial charge in [0.05, 0.1) is 18.1 Å². The maximum atomic E-state index is 10.6. The molecular weight excluding hydrogens is 222 g/mol. The van der Waals surface area contributed by atoms with Crippen LogP contribution in [0.2, 0.25) is 0 Å². The lowest BCUT2D eigenvalue weighted by Gasteiger charge is -2.18. The average Bonchev–Trinajstić information content (AvgIpc) is 2.14. The van der Waals surface area contributed by atoms with Crippen LogP contribution in [0.3, 0.4) is 0 Å². The maximum absolute atomic E-state index is 10.6. The van der Waals surface area contributed by atoms with Crippen molar-refractivity contribution in [2.45, 2.75) is 32.4 Å². The van der Waals surface area contributed by atoms with E-state index in [-0.39, 0.29) is 18.3 Å². The fourth-order valence-electron chi connectivity index (χ4n) is 1.55. The van der Waals surface area contributed by atoms with Gasteiger partial charge < -0.3 is 20.7 Å². The van der Waals surface area contributed by atoms with Crippen LogP contribution in [-0.4, -0.2) is 22.3 Å². The zero-order valence-corrected chi connectivity index (χ0v) is 9.88. The standard InChI is InChI=1S/C12H17NO4/c1-7(2)17-10-5-3-4-9(14)12(10)8(13)6-11(15)16/h3-5,7-8,14H,6,13H2,1-2H3,(H,15,16). The van der Waals surface area contributed by atoms with Gasteiger partial charge in [-0.1, -0.05) is 6.07 Å². The Labute approximate surface area is 99.8 Å². The van der Waals surface area contributed by atoms with Crippen molar-refractivity contribution in [2.75, 3.05) is 0 Å². The lowest BCUT2D eigenvalue weighted by atomic mass is 10.0. The molecule has 0 saturated carbocycles. The second kappa shape index (κ2) is 5.54. The third-order valence-electron chi connectivity index (χ3n) is 2.17. The molecule has 0 amide bonds. The van der Waals surface area contributed by atoms with Crippen LogP contribution < -0.4 is 10.5 Å². The van der Waals surface area contributed by atoms with Crippen molar-refractivity contribution >= 4 is 5.97 Å². The molecule has 1 atom stereocenters. The summed E-state index contributed by atoms with van der Waals surface area (Å²) in [5, 5.41) is 18.4. The number of carbonyl (C=O) groups is 1. The van der Waals surface area contributed by atoms with E-state index in [2.05, 4.69) is 0 Å². The first-order chi connectivity index (χ1) is 7.91. The Balaban J connectivity index is 3.06. The minimum atomic E-state index is -1.02. The predicted molar refractivity (Wildman–Crippen MR) is 63.1 cm³/mol. The number of hydrogen-bond acceptors (Lipinski definition) is 4. The third-order valence-corrected chi connectivity index (χ3v) is 2.17. The van der Waals surface area contributed by atoms with Gasteiger partial charge >= 0.3 is 5.97 Å². The Morgan fingerprint density at radius 1 is 1.47 bits per heavy atom. The highest BCUT2D eigenvalue weighted by molar-refractivity contribution is 5.68. The monoisotopic (exact) mass is 239 g/mol. The zero-order valence-electron chi connectivity index (χ0n) is 9.88. The molecule has 0 aromatic heterocycles. The molecule has 17 heavy (non-hydrogen) atoms. The number of carboxylic acid groups (broad SMARTS) is 1. The molecule has 0 spiro atoms. The summed E-state index contributed by atoms with van der Waals surface area (Å²) in [5.74, 6) is -0.637. The molecule has 5 heteroatoms. The lowest BCUT2D eigenvalue weighted by molar-refractivity contribution is -0.137. The summed E-state index contributed by atoms with van der Waals surface area (Å²) >= 11 is 0. The second-order valence-electron chi connectivity index (χ2n) is 4.06. The number of nitrogens with two attached hydrogens (primary N) is 1. The molecule has 0 aliphatic carbocycles. The van der Waals surface area contributed by atoms with Gasteiger partial charge in [-0.2, -0.15) is 0 Å². The van der Waals surface area contributed by atoms with Gasteiger partial charge in [-0.15, -0.1) is 0 Å². The lowest BCUT2D eigenvalue weighted by Crippen LogP contribution is -2.17. The Bertz CT molecular complexity index is 403. The molecule has 0 fully saturated rings. The number of hydrogen-bond donors (Lipinski definition) is 3. The van der Waals surface area contributed by atoms with Crippen LogP contribution in [0, 0.1) is 0 Å². The van der Waals surface area contributed by atoms with E-state index in [1.165, 1.54) is 6.07 Å². The molecule has 0 bridgehead atoms. The first-order valence-electron chi connectivity index (χ1n) is 5.37. The smallest absolute Gasteiger partial charge is 0.305 e. The molecular formula is C12H17NO4. The van der Waals surface area contributed by atoms with Crippen LogP contribution in [0.4, 0.5) is 0 Å². The van der Waals surface area contributed by atoms with Crippen molar-refractivity contribution in [2.24, 2.45) is 5.73 Å². The second-order valence-corrected chi connectivity index (χ2v) is 4.06. The number of aliphatic carboxylic acids is 1. The number of ether oxygens (including phenoxy) is 1. The summed E-state index contributed by atoms with van der Waals surface area (Å²) in [7, 11) is 0.